The zero-order chi connectivity index (χ0) is 29.6. The van der Waals surface area contributed by atoms with Gasteiger partial charge in [0.25, 0.3) is 0 Å². The van der Waals surface area contributed by atoms with E-state index in [0.29, 0.717) is 19.4 Å². The number of carbonyl (C=O) groups excluding carboxylic acids is 1. The highest BCUT2D eigenvalue weighted by molar-refractivity contribution is 5.69. The van der Waals surface area contributed by atoms with Gasteiger partial charge in [0.2, 0.25) is 0 Å². The van der Waals surface area contributed by atoms with Gasteiger partial charge in [-0.3, -0.25) is 4.79 Å². The molecule has 0 bridgehead atoms. The maximum atomic E-state index is 12.2. The average Bonchev–Trinajstić information content (AvgIpc) is 2.94. The van der Waals surface area contributed by atoms with Gasteiger partial charge in [0.15, 0.2) is 0 Å². The quantitative estimate of drug-likeness (QED) is 0.0721. The predicted octanol–water partition coefficient (Wildman–Crippen LogP) is 9.69. The molecule has 41 heavy (non-hydrogen) atoms. The van der Waals surface area contributed by atoms with Gasteiger partial charge in [-0.2, -0.15) is 0 Å². The van der Waals surface area contributed by atoms with Crippen molar-refractivity contribution < 1.29 is 18.8 Å². The van der Waals surface area contributed by atoms with E-state index in [2.05, 4.69) is 76.5 Å². The van der Waals surface area contributed by atoms with Crippen LogP contribution in [0.5, 0.6) is 5.75 Å². The summed E-state index contributed by atoms with van der Waals surface area (Å²) in [5.41, 5.74) is 2.70. The highest BCUT2D eigenvalue weighted by Gasteiger charge is 2.16. The van der Waals surface area contributed by atoms with Gasteiger partial charge in [-0.15, -0.1) is 0 Å². The van der Waals surface area contributed by atoms with E-state index < -0.39 is 0 Å². The summed E-state index contributed by atoms with van der Waals surface area (Å²) in [5.74, 6) is 0.820. The number of quaternary nitrogens is 1. The Morgan fingerprint density at radius 2 is 1.39 bits per heavy atom. The Balaban J connectivity index is 1.50. The van der Waals surface area contributed by atoms with Crippen molar-refractivity contribution in [2.24, 2.45) is 0 Å². The van der Waals surface area contributed by atoms with E-state index in [-0.39, 0.29) is 12.1 Å². The maximum Gasteiger partial charge on any atom is 0.305 e. The fraction of sp³-hybridized carbons (Fsp3) is 0.649. The van der Waals surface area contributed by atoms with Gasteiger partial charge < -0.3 is 14.0 Å². The Bertz CT molecular complexity index is 927. The maximum absolute atomic E-state index is 12.2. The largest absolute Gasteiger partial charge is 0.491 e. The van der Waals surface area contributed by atoms with Crippen LogP contribution in [-0.2, 0) is 22.5 Å². The molecule has 1 atom stereocenters. The number of rotatable bonds is 24. The molecular formula is C37H60NO3+. The predicted molar refractivity (Wildman–Crippen MR) is 173 cm³/mol. The van der Waals surface area contributed by atoms with Crippen molar-refractivity contribution in [1.29, 1.82) is 0 Å². The zero-order valence-electron chi connectivity index (χ0n) is 26.9. The molecule has 0 N–H and O–H groups in total. The minimum Gasteiger partial charge on any atom is -0.491 e. The van der Waals surface area contributed by atoms with E-state index in [9.17, 15) is 4.79 Å². The van der Waals surface area contributed by atoms with Gasteiger partial charge in [-0.05, 0) is 50.3 Å². The van der Waals surface area contributed by atoms with Gasteiger partial charge in [0, 0.05) is 18.4 Å². The van der Waals surface area contributed by atoms with Crippen LogP contribution in [0.25, 0.3) is 0 Å². The second-order valence-corrected chi connectivity index (χ2v) is 12.6. The van der Waals surface area contributed by atoms with Crippen LogP contribution >= 0.6 is 0 Å². The number of ether oxygens (including phenoxy) is 2. The number of aryl methyl sites for hydroxylation is 1. The molecule has 0 aliphatic carbocycles. The Labute approximate surface area is 252 Å². The van der Waals surface area contributed by atoms with Crippen molar-refractivity contribution in [1.82, 2.24) is 0 Å². The Kier molecular flexibility index (Phi) is 18.2. The summed E-state index contributed by atoms with van der Waals surface area (Å²) >= 11 is 0. The van der Waals surface area contributed by atoms with Gasteiger partial charge >= 0.3 is 5.97 Å². The molecule has 2 aromatic carbocycles. The second kappa shape index (κ2) is 21.4. The van der Waals surface area contributed by atoms with Crippen molar-refractivity contribution >= 4 is 5.97 Å². The number of hydrogen-bond acceptors (Lipinski definition) is 3. The minimum atomic E-state index is -0.0977. The third-order valence-electron chi connectivity index (χ3n) is 7.94. The molecule has 4 heteroatoms. The van der Waals surface area contributed by atoms with Crippen molar-refractivity contribution in [2.75, 3.05) is 27.2 Å². The number of nitrogens with zero attached hydrogens (tertiary/aromatic N) is 1. The molecule has 0 fully saturated rings. The number of esters is 1. The van der Waals surface area contributed by atoms with E-state index in [1.807, 2.05) is 6.07 Å². The summed E-state index contributed by atoms with van der Waals surface area (Å²) in [6, 6.07) is 19.1. The Morgan fingerprint density at radius 3 is 2.07 bits per heavy atom. The molecule has 4 nitrogen and oxygen atoms in total. The molecule has 2 rings (SSSR count). The van der Waals surface area contributed by atoms with Gasteiger partial charge in [0.1, 0.15) is 12.3 Å². The third-order valence-corrected chi connectivity index (χ3v) is 7.94. The topological polar surface area (TPSA) is 35.5 Å². The van der Waals surface area contributed by atoms with Crippen LogP contribution in [0.2, 0.25) is 0 Å². The molecule has 0 aliphatic heterocycles. The number of benzene rings is 2. The Morgan fingerprint density at radius 1 is 0.756 bits per heavy atom. The molecule has 1 unspecified atom stereocenters. The fourth-order valence-corrected chi connectivity index (χ4v) is 5.44. The van der Waals surface area contributed by atoms with Crippen LogP contribution in [0.1, 0.15) is 121 Å². The fourth-order valence-electron chi connectivity index (χ4n) is 5.44. The summed E-state index contributed by atoms with van der Waals surface area (Å²) in [6.07, 6.45) is 19.3. The van der Waals surface area contributed by atoms with Crippen LogP contribution in [0.4, 0.5) is 0 Å². The van der Waals surface area contributed by atoms with E-state index in [1.165, 1.54) is 81.8 Å². The first-order valence-corrected chi connectivity index (χ1v) is 16.6. The molecule has 0 aliphatic rings. The third kappa shape index (κ3) is 18.0. The van der Waals surface area contributed by atoms with Crippen molar-refractivity contribution in [3.63, 3.8) is 0 Å². The summed E-state index contributed by atoms with van der Waals surface area (Å²) in [6.45, 7) is 6.80. The van der Waals surface area contributed by atoms with E-state index in [1.54, 1.807) is 0 Å². The van der Waals surface area contributed by atoms with Crippen LogP contribution in [0, 0.1) is 0 Å². The molecule has 0 heterocycles. The lowest BCUT2D eigenvalue weighted by molar-refractivity contribution is -0.903. The molecule has 0 saturated heterocycles. The molecule has 0 radical (unpaired) electrons. The van der Waals surface area contributed by atoms with Crippen LogP contribution in [0.15, 0.2) is 54.6 Å². The zero-order valence-corrected chi connectivity index (χ0v) is 26.9. The summed E-state index contributed by atoms with van der Waals surface area (Å²) in [7, 11) is 4.50. The standard InChI is InChI=1S/C37H60NO3/c1-5-6-7-8-9-10-11-12-13-14-16-22-34-25-21-26-36(31-34)41-33(2)28-30-40-37(39)27-19-20-29-38(3,4)32-35-23-17-15-18-24-35/h15,17-18,21,23-26,31,33H,5-14,16,19-20,22,27-30,32H2,1-4H3/q+1. The monoisotopic (exact) mass is 566 g/mol. The second-order valence-electron chi connectivity index (χ2n) is 12.6. The molecule has 0 saturated carbocycles. The van der Waals surface area contributed by atoms with Crippen LogP contribution in [-0.4, -0.2) is 43.8 Å². The van der Waals surface area contributed by atoms with E-state index in [4.69, 9.17) is 9.47 Å². The molecule has 0 spiro atoms. The first-order chi connectivity index (χ1) is 19.9. The highest BCUT2D eigenvalue weighted by atomic mass is 16.5. The van der Waals surface area contributed by atoms with Gasteiger partial charge in [-0.25, -0.2) is 0 Å². The van der Waals surface area contributed by atoms with Gasteiger partial charge in [0.05, 0.1) is 33.4 Å². The number of hydrogen-bond donors (Lipinski definition) is 0. The molecular weight excluding hydrogens is 506 g/mol. The van der Waals surface area contributed by atoms with E-state index >= 15 is 0 Å². The van der Waals surface area contributed by atoms with Crippen LogP contribution < -0.4 is 4.74 Å². The molecule has 2 aromatic rings. The average molecular weight is 567 g/mol. The molecule has 230 valence electrons. The van der Waals surface area contributed by atoms with E-state index in [0.717, 1.165) is 42.6 Å². The smallest absolute Gasteiger partial charge is 0.305 e. The summed E-state index contributed by atoms with van der Waals surface area (Å²) < 4.78 is 12.6. The van der Waals surface area contributed by atoms with Crippen molar-refractivity contribution in [3.8, 4) is 5.75 Å². The lowest BCUT2D eigenvalue weighted by Crippen LogP contribution is -2.39. The summed E-state index contributed by atoms with van der Waals surface area (Å²) in [4.78, 5) is 12.2. The first kappa shape index (κ1) is 34.9. The minimum absolute atomic E-state index is 0.0103. The van der Waals surface area contributed by atoms with Crippen LogP contribution in [0.3, 0.4) is 0 Å². The highest BCUT2D eigenvalue weighted by Crippen LogP contribution is 2.19. The SMILES string of the molecule is CCCCCCCCCCCCCc1cccc(OC(C)CCOC(=O)CCCC[N+](C)(C)Cc2ccccc2)c1. The lowest BCUT2D eigenvalue weighted by atomic mass is 10.0. The molecule has 0 amide bonds. The summed E-state index contributed by atoms with van der Waals surface area (Å²) in [5, 5.41) is 0. The first-order valence-electron chi connectivity index (χ1n) is 16.6. The lowest BCUT2D eigenvalue weighted by Gasteiger charge is -2.30. The number of unbranched alkanes of at least 4 members (excludes halogenated alkanes) is 11. The molecule has 0 aromatic heterocycles. The number of carbonyl (C=O) groups is 1. The normalized spacial score (nSPS) is 12.3. The van der Waals surface area contributed by atoms with Crippen molar-refractivity contribution in [2.45, 2.75) is 129 Å². The van der Waals surface area contributed by atoms with Gasteiger partial charge in [-0.1, -0.05) is 114 Å². The Hall–Kier alpha value is -2.33. The van der Waals surface area contributed by atoms with Crippen molar-refractivity contribution in [3.05, 3.63) is 65.7 Å².